The van der Waals surface area contributed by atoms with Crippen molar-refractivity contribution in [2.24, 2.45) is 0 Å². The topological polar surface area (TPSA) is 49.8 Å². The molecule has 0 saturated heterocycles. The number of anilines is 1. The lowest BCUT2D eigenvalue weighted by Gasteiger charge is -2.30. The first-order chi connectivity index (χ1) is 9.24. The van der Waals surface area contributed by atoms with Gasteiger partial charge >= 0.3 is 5.97 Å². The molecule has 1 aliphatic rings. The number of fused-ring (bicyclic) bond motifs is 1. The molecule has 0 unspecified atom stereocenters. The van der Waals surface area contributed by atoms with Gasteiger partial charge in [-0.15, -0.1) is 0 Å². The molecule has 0 fully saturated rings. The van der Waals surface area contributed by atoms with Crippen molar-refractivity contribution in [1.82, 2.24) is 0 Å². The van der Waals surface area contributed by atoms with E-state index in [-0.39, 0.29) is 5.56 Å². The highest BCUT2D eigenvalue weighted by Crippen LogP contribution is 2.28. The first-order valence-electron chi connectivity index (χ1n) is 6.03. The molecule has 0 amide bonds. The number of benzene rings is 2. The lowest BCUT2D eigenvalue weighted by atomic mass is 10.1. The Bertz CT molecular complexity index is 624. The second kappa shape index (κ2) is 4.65. The number of carbonyl (C=O) groups is 1. The lowest BCUT2D eigenvalue weighted by molar-refractivity contribution is 0.0697. The fourth-order valence-electron chi connectivity index (χ4n) is 2.18. The molecule has 19 heavy (non-hydrogen) atoms. The minimum atomic E-state index is -0.917. The Balaban J connectivity index is 1.89. The molecular formula is C15H13NO3. The maximum Gasteiger partial charge on any atom is 0.335 e. The number of hydrogen-bond acceptors (Lipinski definition) is 3. The highest BCUT2D eigenvalue weighted by atomic mass is 16.5. The van der Waals surface area contributed by atoms with Crippen molar-refractivity contribution < 1.29 is 14.6 Å². The largest absolute Gasteiger partial charge is 0.478 e. The minimum absolute atomic E-state index is 0.288. The molecule has 0 bridgehead atoms. The summed E-state index contributed by atoms with van der Waals surface area (Å²) in [5, 5.41) is 9.02. The van der Waals surface area contributed by atoms with Gasteiger partial charge in [-0.3, -0.25) is 0 Å². The smallest absolute Gasteiger partial charge is 0.335 e. The maximum absolute atomic E-state index is 11.0. The summed E-state index contributed by atoms with van der Waals surface area (Å²) in [6, 6.07) is 14.8. The van der Waals surface area contributed by atoms with Gasteiger partial charge in [0.15, 0.2) is 6.73 Å². The van der Waals surface area contributed by atoms with Gasteiger partial charge in [0.2, 0.25) is 0 Å². The maximum atomic E-state index is 11.0. The van der Waals surface area contributed by atoms with Crippen LogP contribution < -0.4 is 9.64 Å². The average Bonchev–Trinajstić information content (AvgIpc) is 2.47. The standard InChI is InChI=1S/C15H13NO3/c17-15(18)11-5-3-6-13(8-11)16-9-12-4-1-2-7-14(12)19-10-16/h1-8H,9-10H2,(H,17,18). The van der Waals surface area contributed by atoms with Crippen LogP contribution in [-0.2, 0) is 6.54 Å². The Hall–Kier alpha value is -2.49. The Labute approximate surface area is 110 Å². The van der Waals surface area contributed by atoms with Crippen LogP contribution in [0.4, 0.5) is 5.69 Å². The fourth-order valence-corrected chi connectivity index (χ4v) is 2.18. The second-order valence-electron chi connectivity index (χ2n) is 4.43. The van der Waals surface area contributed by atoms with E-state index in [1.165, 1.54) is 0 Å². The Morgan fingerprint density at radius 2 is 2.00 bits per heavy atom. The van der Waals surface area contributed by atoms with Gasteiger partial charge in [0.25, 0.3) is 0 Å². The molecule has 0 aromatic heterocycles. The minimum Gasteiger partial charge on any atom is -0.478 e. The van der Waals surface area contributed by atoms with Crippen LogP contribution in [-0.4, -0.2) is 17.8 Å². The second-order valence-corrected chi connectivity index (χ2v) is 4.43. The lowest BCUT2D eigenvalue weighted by Crippen LogP contribution is -2.31. The van der Waals surface area contributed by atoms with Gasteiger partial charge < -0.3 is 14.7 Å². The molecular weight excluding hydrogens is 242 g/mol. The third kappa shape index (κ3) is 2.25. The summed E-state index contributed by atoms with van der Waals surface area (Å²) < 4.78 is 5.67. The summed E-state index contributed by atoms with van der Waals surface area (Å²) in [5.41, 5.74) is 2.25. The van der Waals surface area contributed by atoms with Gasteiger partial charge in [-0.05, 0) is 24.3 Å². The van der Waals surface area contributed by atoms with E-state index in [4.69, 9.17) is 9.84 Å². The number of carboxylic acid groups (broad SMARTS) is 1. The molecule has 2 aromatic carbocycles. The van der Waals surface area contributed by atoms with E-state index >= 15 is 0 Å². The van der Waals surface area contributed by atoms with E-state index in [1.807, 2.05) is 35.2 Å². The zero-order chi connectivity index (χ0) is 13.2. The van der Waals surface area contributed by atoms with Crippen LogP contribution in [0, 0.1) is 0 Å². The molecule has 2 aromatic rings. The van der Waals surface area contributed by atoms with Gasteiger partial charge in [0, 0.05) is 17.8 Å². The number of carboxylic acids is 1. The summed E-state index contributed by atoms with van der Waals surface area (Å²) in [5.74, 6) is -0.0201. The Morgan fingerprint density at radius 1 is 1.16 bits per heavy atom. The molecule has 0 radical (unpaired) electrons. The highest BCUT2D eigenvalue weighted by Gasteiger charge is 2.17. The number of para-hydroxylation sites is 1. The van der Waals surface area contributed by atoms with Crippen molar-refractivity contribution in [2.45, 2.75) is 6.54 Å². The molecule has 0 aliphatic carbocycles. The predicted octanol–water partition coefficient (Wildman–Crippen LogP) is 2.74. The predicted molar refractivity (Wildman–Crippen MR) is 71.5 cm³/mol. The average molecular weight is 255 g/mol. The summed E-state index contributed by atoms with van der Waals surface area (Å²) >= 11 is 0. The van der Waals surface area contributed by atoms with Gasteiger partial charge in [-0.2, -0.15) is 0 Å². The molecule has 0 atom stereocenters. The van der Waals surface area contributed by atoms with Crippen molar-refractivity contribution in [3.63, 3.8) is 0 Å². The molecule has 4 heteroatoms. The fraction of sp³-hybridized carbons (Fsp3) is 0.133. The van der Waals surface area contributed by atoms with Crippen molar-refractivity contribution in [1.29, 1.82) is 0 Å². The molecule has 1 aliphatic heterocycles. The van der Waals surface area contributed by atoms with Crippen LogP contribution in [0.25, 0.3) is 0 Å². The number of aromatic carboxylic acids is 1. The van der Waals surface area contributed by atoms with E-state index in [0.29, 0.717) is 6.73 Å². The summed E-state index contributed by atoms with van der Waals surface area (Å²) in [6.07, 6.45) is 0. The van der Waals surface area contributed by atoms with Crippen LogP contribution in [0.2, 0.25) is 0 Å². The number of rotatable bonds is 2. The van der Waals surface area contributed by atoms with E-state index in [2.05, 4.69) is 0 Å². The molecule has 1 N–H and O–H groups in total. The zero-order valence-corrected chi connectivity index (χ0v) is 10.2. The van der Waals surface area contributed by atoms with E-state index in [0.717, 1.165) is 23.5 Å². The molecule has 1 heterocycles. The third-order valence-corrected chi connectivity index (χ3v) is 3.17. The van der Waals surface area contributed by atoms with Crippen LogP contribution >= 0.6 is 0 Å². The first kappa shape index (κ1) is 11.6. The summed E-state index contributed by atoms with van der Waals surface area (Å²) in [7, 11) is 0. The van der Waals surface area contributed by atoms with Crippen molar-refractivity contribution in [3.05, 3.63) is 59.7 Å². The molecule has 0 saturated carbocycles. The molecule has 96 valence electrons. The molecule has 3 rings (SSSR count). The summed E-state index contributed by atoms with van der Waals surface area (Å²) in [4.78, 5) is 13.0. The van der Waals surface area contributed by atoms with Crippen LogP contribution in [0.5, 0.6) is 5.75 Å². The summed E-state index contributed by atoms with van der Waals surface area (Å²) in [6.45, 7) is 1.15. The highest BCUT2D eigenvalue weighted by molar-refractivity contribution is 5.88. The number of ether oxygens (including phenoxy) is 1. The van der Waals surface area contributed by atoms with Crippen LogP contribution in [0.3, 0.4) is 0 Å². The van der Waals surface area contributed by atoms with Gasteiger partial charge in [0.05, 0.1) is 5.56 Å². The SMILES string of the molecule is O=C(O)c1cccc(N2COc3ccccc3C2)c1. The zero-order valence-electron chi connectivity index (χ0n) is 10.2. The van der Waals surface area contributed by atoms with E-state index in [9.17, 15) is 4.79 Å². The number of nitrogens with zero attached hydrogens (tertiary/aromatic N) is 1. The van der Waals surface area contributed by atoms with Gasteiger partial charge in [-0.1, -0.05) is 24.3 Å². The molecule has 4 nitrogen and oxygen atoms in total. The van der Waals surface area contributed by atoms with Crippen LogP contribution in [0.15, 0.2) is 48.5 Å². The Kier molecular flexibility index (Phi) is 2.83. The first-order valence-corrected chi connectivity index (χ1v) is 6.03. The van der Waals surface area contributed by atoms with Gasteiger partial charge in [-0.25, -0.2) is 4.79 Å². The van der Waals surface area contributed by atoms with Crippen LogP contribution in [0.1, 0.15) is 15.9 Å². The van der Waals surface area contributed by atoms with E-state index < -0.39 is 5.97 Å². The van der Waals surface area contributed by atoms with Crippen molar-refractivity contribution >= 4 is 11.7 Å². The van der Waals surface area contributed by atoms with Gasteiger partial charge in [0.1, 0.15) is 5.75 Å². The monoisotopic (exact) mass is 255 g/mol. The quantitative estimate of drug-likeness (QED) is 0.896. The van der Waals surface area contributed by atoms with Crippen molar-refractivity contribution in [2.75, 3.05) is 11.6 Å². The Morgan fingerprint density at radius 3 is 2.84 bits per heavy atom. The van der Waals surface area contributed by atoms with E-state index in [1.54, 1.807) is 18.2 Å². The normalized spacial score (nSPS) is 13.6. The molecule has 0 spiro atoms. The number of hydrogen-bond donors (Lipinski definition) is 1. The third-order valence-electron chi connectivity index (χ3n) is 3.17. The van der Waals surface area contributed by atoms with Crippen molar-refractivity contribution in [3.8, 4) is 5.75 Å².